The first kappa shape index (κ1) is 11.8. The molecule has 19 heavy (non-hydrogen) atoms. The van der Waals surface area contributed by atoms with Crippen molar-refractivity contribution in [3.63, 3.8) is 0 Å². The molecule has 2 heterocycles. The number of fused-ring (bicyclic) bond motifs is 1. The monoisotopic (exact) mass is 259 g/mol. The van der Waals surface area contributed by atoms with Crippen molar-refractivity contribution >= 4 is 5.84 Å². The standard InChI is InChI=1S/C14H14FN3O/c1-17-10-18-8-4-7-13(14(18)16-17)19-9-11-5-2-3-6-12(11)15/h2-8H,9-10H2,1H3. The Kier molecular flexibility index (Phi) is 2.95. The van der Waals surface area contributed by atoms with Crippen LogP contribution in [0, 0.1) is 5.82 Å². The van der Waals surface area contributed by atoms with Crippen LogP contribution in [-0.2, 0) is 11.3 Å². The topological polar surface area (TPSA) is 28.1 Å². The SMILES string of the molecule is CN1CN2C=CC=C(OCc3ccccc3F)C2=N1. The lowest BCUT2D eigenvalue weighted by Crippen LogP contribution is -2.28. The fourth-order valence-electron chi connectivity index (χ4n) is 2.04. The molecule has 98 valence electrons. The summed E-state index contributed by atoms with van der Waals surface area (Å²) in [4.78, 5) is 1.98. The zero-order valence-corrected chi connectivity index (χ0v) is 10.6. The van der Waals surface area contributed by atoms with E-state index >= 15 is 0 Å². The van der Waals surface area contributed by atoms with Gasteiger partial charge in [-0.05, 0) is 18.2 Å². The van der Waals surface area contributed by atoms with Gasteiger partial charge in [-0.15, -0.1) is 0 Å². The van der Waals surface area contributed by atoms with E-state index in [1.165, 1.54) is 6.07 Å². The minimum atomic E-state index is -0.253. The molecule has 0 spiro atoms. The van der Waals surface area contributed by atoms with Crippen molar-refractivity contribution in [2.24, 2.45) is 5.10 Å². The maximum absolute atomic E-state index is 13.5. The highest BCUT2D eigenvalue weighted by Gasteiger charge is 2.25. The van der Waals surface area contributed by atoms with Crippen LogP contribution >= 0.6 is 0 Å². The number of allylic oxidation sites excluding steroid dienone is 2. The fourth-order valence-corrected chi connectivity index (χ4v) is 2.04. The largest absolute Gasteiger partial charge is 0.485 e. The van der Waals surface area contributed by atoms with E-state index in [-0.39, 0.29) is 12.4 Å². The van der Waals surface area contributed by atoms with E-state index in [4.69, 9.17) is 4.74 Å². The van der Waals surface area contributed by atoms with E-state index in [1.54, 1.807) is 18.2 Å². The maximum Gasteiger partial charge on any atom is 0.196 e. The quantitative estimate of drug-likeness (QED) is 0.833. The van der Waals surface area contributed by atoms with Crippen molar-refractivity contribution in [2.45, 2.75) is 6.61 Å². The van der Waals surface area contributed by atoms with Crippen LogP contribution in [0.2, 0.25) is 0 Å². The zero-order chi connectivity index (χ0) is 13.2. The van der Waals surface area contributed by atoms with Crippen molar-refractivity contribution in [1.29, 1.82) is 0 Å². The van der Waals surface area contributed by atoms with Gasteiger partial charge in [0.15, 0.2) is 11.6 Å². The van der Waals surface area contributed by atoms with Crippen molar-refractivity contribution in [1.82, 2.24) is 9.91 Å². The Hall–Kier alpha value is -2.30. The third-order valence-electron chi connectivity index (χ3n) is 2.97. The molecule has 0 aliphatic carbocycles. The molecule has 0 unspecified atom stereocenters. The third kappa shape index (κ3) is 2.31. The first-order valence-corrected chi connectivity index (χ1v) is 6.05. The minimum Gasteiger partial charge on any atom is -0.485 e. The van der Waals surface area contributed by atoms with Gasteiger partial charge in [0.2, 0.25) is 0 Å². The lowest BCUT2D eigenvalue weighted by Gasteiger charge is -2.20. The van der Waals surface area contributed by atoms with Gasteiger partial charge in [0.25, 0.3) is 0 Å². The number of hydrogen-bond acceptors (Lipinski definition) is 4. The molecular weight excluding hydrogens is 245 g/mol. The van der Waals surface area contributed by atoms with Gasteiger partial charge in [-0.25, -0.2) is 4.39 Å². The van der Waals surface area contributed by atoms with E-state index in [0.29, 0.717) is 18.0 Å². The molecule has 5 heteroatoms. The molecule has 0 saturated carbocycles. The lowest BCUT2D eigenvalue weighted by molar-refractivity contribution is 0.208. The highest BCUT2D eigenvalue weighted by molar-refractivity contribution is 5.99. The number of amidine groups is 1. The number of hydrogen-bond donors (Lipinski definition) is 0. The molecule has 0 radical (unpaired) electrons. The van der Waals surface area contributed by atoms with Crippen molar-refractivity contribution in [2.75, 3.05) is 13.7 Å². The Balaban J connectivity index is 1.74. The first-order chi connectivity index (χ1) is 9.24. The smallest absolute Gasteiger partial charge is 0.196 e. The molecule has 0 bridgehead atoms. The van der Waals surface area contributed by atoms with Crippen molar-refractivity contribution in [3.8, 4) is 0 Å². The molecule has 0 amide bonds. The van der Waals surface area contributed by atoms with Gasteiger partial charge >= 0.3 is 0 Å². The van der Waals surface area contributed by atoms with E-state index in [2.05, 4.69) is 5.10 Å². The molecule has 0 saturated heterocycles. The number of rotatable bonds is 3. The van der Waals surface area contributed by atoms with Crippen LogP contribution < -0.4 is 0 Å². The predicted octanol–water partition coefficient (Wildman–Crippen LogP) is 2.27. The summed E-state index contributed by atoms with van der Waals surface area (Å²) in [5, 5.41) is 6.19. The van der Waals surface area contributed by atoms with E-state index in [9.17, 15) is 4.39 Å². The Morgan fingerprint density at radius 2 is 2.21 bits per heavy atom. The molecule has 2 aliphatic rings. The van der Waals surface area contributed by atoms with E-state index in [1.807, 2.05) is 35.3 Å². The minimum absolute atomic E-state index is 0.197. The Labute approximate surface area is 111 Å². The lowest BCUT2D eigenvalue weighted by atomic mass is 10.2. The summed E-state index contributed by atoms with van der Waals surface area (Å²) in [5.41, 5.74) is 0.538. The van der Waals surface area contributed by atoms with Gasteiger partial charge < -0.3 is 9.64 Å². The molecule has 0 fully saturated rings. The summed E-state index contributed by atoms with van der Waals surface area (Å²) in [6.45, 7) is 0.898. The first-order valence-electron chi connectivity index (χ1n) is 6.05. The second kappa shape index (κ2) is 4.76. The van der Waals surface area contributed by atoms with Gasteiger partial charge in [0, 0.05) is 18.8 Å². The number of halogens is 1. The van der Waals surface area contributed by atoms with Crippen LogP contribution in [0.5, 0.6) is 0 Å². The summed E-state index contributed by atoms with van der Waals surface area (Å²) >= 11 is 0. The molecular formula is C14H14FN3O. The molecule has 0 N–H and O–H groups in total. The second-order valence-electron chi connectivity index (χ2n) is 4.44. The van der Waals surface area contributed by atoms with E-state index in [0.717, 1.165) is 5.84 Å². The number of nitrogens with zero attached hydrogens (tertiary/aromatic N) is 3. The van der Waals surface area contributed by atoms with E-state index < -0.39 is 0 Å². The van der Waals surface area contributed by atoms with Gasteiger partial charge in [0.05, 0.1) is 0 Å². The van der Waals surface area contributed by atoms with Crippen LogP contribution in [-0.4, -0.2) is 29.5 Å². The average Bonchev–Trinajstić information content (AvgIpc) is 2.78. The third-order valence-corrected chi connectivity index (χ3v) is 2.97. The average molecular weight is 259 g/mol. The highest BCUT2D eigenvalue weighted by Crippen LogP contribution is 2.20. The molecule has 1 aromatic rings. The molecule has 2 aliphatic heterocycles. The normalized spacial score (nSPS) is 17.2. The summed E-state index contributed by atoms with van der Waals surface area (Å²) < 4.78 is 19.2. The molecule has 4 nitrogen and oxygen atoms in total. The summed E-state index contributed by atoms with van der Waals surface area (Å²) in [6.07, 6.45) is 5.68. The van der Waals surface area contributed by atoms with Gasteiger partial charge in [-0.3, -0.25) is 5.01 Å². The Morgan fingerprint density at radius 1 is 1.37 bits per heavy atom. The molecule has 0 atom stereocenters. The van der Waals surface area contributed by atoms with Crippen molar-refractivity contribution in [3.05, 3.63) is 59.8 Å². The Bertz CT molecular complexity index is 580. The van der Waals surface area contributed by atoms with Crippen LogP contribution in [0.3, 0.4) is 0 Å². The summed E-state index contributed by atoms with van der Waals surface area (Å²) in [7, 11) is 1.90. The van der Waals surface area contributed by atoms with Crippen LogP contribution in [0.4, 0.5) is 4.39 Å². The van der Waals surface area contributed by atoms with Crippen molar-refractivity contribution < 1.29 is 9.13 Å². The number of benzene rings is 1. The predicted molar refractivity (Wildman–Crippen MR) is 70.3 cm³/mol. The van der Waals surface area contributed by atoms with Gasteiger partial charge in [0.1, 0.15) is 19.1 Å². The number of ether oxygens (including phenoxy) is 1. The fraction of sp³-hybridized carbons (Fsp3) is 0.214. The van der Waals surface area contributed by atoms with Crippen LogP contribution in [0.25, 0.3) is 0 Å². The second-order valence-corrected chi connectivity index (χ2v) is 4.44. The Morgan fingerprint density at radius 3 is 3.05 bits per heavy atom. The molecule has 3 rings (SSSR count). The molecule has 1 aromatic carbocycles. The number of hydrazone groups is 1. The summed E-state index contributed by atoms with van der Waals surface area (Å²) in [5.74, 6) is 1.17. The highest BCUT2D eigenvalue weighted by atomic mass is 19.1. The maximum atomic E-state index is 13.5. The molecule has 0 aromatic heterocycles. The zero-order valence-electron chi connectivity index (χ0n) is 10.6. The van der Waals surface area contributed by atoms with Gasteiger partial charge in [-0.1, -0.05) is 18.2 Å². The van der Waals surface area contributed by atoms with Crippen LogP contribution in [0.1, 0.15) is 5.56 Å². The van der Waals surface area contributed by atoms with Crippen LogP contribution in [0.15, 0.2) is 53.5 Å². The summed E-state index contributed by atoms with van der Waals surface area (Å²) in [6, 6.07) is 6.61. The van der Waals surface area contributed by atoms with Gasteiger partial charge in [-0.2, -0.15) is 5.10 Å².